The van der Waals surface area contributed by atoms with E-state index in [-0.39, 0.29) is 12.2 Å². The van der Waals surface area contributed by atoms with Gasteiger partial charge in [0.2, 0.25) is 0 Å². The van der Waals surface area contributed by atoms with Crippen molar-refractivity contribution < 1.29 is 14.3 Å². The highest BCUT2D eigenvalue weighted by Crippen LogP contribution is 2.16. The second-order valence-electron chi connectivity index (χ2n) is 4.42. The number of hydrogen-bond donors (Lipinski definition) is 2. The molecule has 2 aromatic carbocycles. The fraction of sp³-hybridized carbons (Fsp3) is 0.118. The summed E-state index contributed by atoms with van der Waals surface area (Å²) in [7, 11) is 0. The van der Waals surface area contributed by atoms with Crippen LogP contribution in [0.3, 0.4) is 0 Å². The summed E-state index contributed by atoms with van der Waals surface area (Å²) >= 11 is 0. The number of benzene rings is 2. The van der Waals surface area contributed by atoms with Gasteiger partial charge in [-0.15, -0.1) is 0 Å². The molecule has 0 aromatic heterocycles. The van der Waals surface area contributed by atoms with Crippen LogP contribution in [-0.2, 0) is 0 Å². The summed E-state index contributed by atoms with van der Waals surface area (Å²) in [6.07, 6.45) is 0. The lowest BCUT2D eigenvalue weighted by molar-refractivity contribution is 0.102. The van der Waals surface area contributed by atoms with Crippen LogP contribution in [0.2, 0.25) is 0 Å². The van der Waals surface area contributed by atoms with Gasteiger partial charge in [0.15, 0.2) is 0 Å². The van der Waals surface area contributed by atoms with Gasteiger partial charge in [0.05, 0.1) is 5.69 Å². The van der Waals surface area contributed by atoms with Gasteiger partial charge >= 0.3 is 0 Å². The van der Waals surface area contributed by atoms with Gasteiger partial charge in [-0.05, 0) is 36.8 Å². The van der Waals surface area contributed by atoms with Crippen LogP contribution in [0.5, 0.6) is 0 Å². The number of aryl methyl sites for hydroxylation is 1. The molecule has 2 N–H and O–H groups in total. The number of carbonyl (C=O) groups excluding carboxylic acids is 1. The minimum atomic E-state index is -0.420. The van der Waals surface area contributed by atoms with Crippen LogP contribution in [0, 0.1) is 24.6 Å². The molecular formula is C17H14FNO2. The van der Waals surface area contributed by atoms with E-state index in [4.69, 9.17) is 5.11 Å². The molecular weight excluding hydrogens is 269 g/mol. The molecule has 2 rings (SSSR count). The number of para-hydroxylation sites is 1. The van der Waals surface area contributed by atoms with Crippen molar-refractivity contribution in [1.29, 1.82) is 0 Å². The van der Waals surface area contributed by atoms with E-state index in [2.05, 4.69) is 17.2 Å². The van der Waals surface area contributed by atoms with Crippen LogP contribution in [0.25, 0.3) is 0 Å². The van der Waals surface area contributed by atoms with Crippen molar-refractivity contribution in [3.63, 3.8) is 0 Å². The number of amides is 1. The van der Waals surface area contributed by atoms with E-state index >= 15 is 0 Å². The highest BCUT2D eigenvalue weighted by molar-refractivity contribution is 6.05. The van der Waals surface area contributed by atoms with Crippen LogP contribution >= 0.6 is 0 Å². The molecule has 0 fully saturated rings. The molecule has 0 unspecified atom stereocenters. The van der Waals surface area contributed by atoms with Crippen molar-refractivity contribution >= 4 is 11.6 Å². The summed E-state index contributed by atoms with van der Waals surface area (Å²) in [5.74, 6) is 4.45. The third-order valence-corrected chi connectivity index (χ3v) is 2.91. The first-order valence-corrected chi connectivity index (χ1v) is 6.38. The summed E-state index contributed by atoms with van der Waals surface area (Å²) in [5.41, 5.74) is 1.83. The Kier molecular flexibility index (Phi) is 4.70. The van der Waals surface area contributed by atoms with E-state index in [0.717, 1.165) is 0 Å². The summed E-state index contributed by atoms with van der Waals surface area (Å²) in [6, 6.07) is 11.3. The van der Waals surface area contributed by atoms with E-state index in [9.17, 15) is 9.18 Å². The third-order valence-electron chi connectivity index (χ3n) is 2.91. The van der Waals surface area contributed by atoms with Gasteiger partial charge in [0.1, 0.15) is 12.4 Å². The predicted molar refractivity (Wildman–Crippen MR) is 79.5 cm³/mol. The number of nitrogens with one attached hydrogen (secondary N) is 1. The molecule has 0 bridgehead atoms. The van der Waals surface area contributed by atoms with Gasteiger partial charge in [0.25, 0.3) is 5.91 Å². The Morgan fingerprint density at radius 1 is 1.29 bits per heavy atom. The number of anilines is 1. The molecule has 3 nitrogen and oxygen atoms in total. The Morgan fingerprint density at radius 2 is 2.05 bits per heavy atom. The van der Waals surface area contributed by atoms with Crippen LogP contribution in [0.15, 0.2) is 42.5 Å². The van der Waals surface area contributed by atoms with Crippen molar-refractivity contribution in [2.24, 2.45) is 0 Å². The Hall–Kier alpha value is -2.64. The van der Waals surface area contributed by atoms with Gasteiger partial charge in [-0.2, -0.15) is 0 Å². The summed E-state index contributed by atoms with van der Waals surface area (Å²) in [5, 5.41) is 11.4. The molecule has 2 aromatic rings. The van der Waals surface area contributed by atoms with Crippen molar-refractivity contribution in [3.8, 4) is 11.8 Å². The van der Waals surface area contributed by atoms with Gasteiger partial charge in [0, 0.05) is 11.1 Å². The monoisotopic (exact) mass is 283 g/mol. The topological polar surface area (TPSA) is 49.3 Å². The number of aliphatic hydroxyl groups excluding tert-OH is 1. The zero-order valence-corrected chi connectivity index (χ0v) is 11.5. The molecule has 0 heterocycles. The molecule has 0 aliphatic carbocycles. The van der Waals surface area contributed by atoms with Gasteiger partial charge in [-0.3, -0.25) is 4.79 Å². The maximum atomic E-state index is 13.5. The van der Waals surface area contributed by atoms with Crippen molar-refractivity contribution in [2.45, 2.75) is 6.92 Å². The van der Waals surface area contributed by atoms with E-state index < -0.39 is 11.7 Å². The number of rotatable bonds is 2. The zero-order valence-electron chi connectivity index (χ0n) is 11.5. The van der Waals surface area contributed by atoms with E-state index in [1.807, 2.05) is 0 Å². The number of carbonyl (C=O) groups is 1. The second kappa shape index (κ2) is 6.69. The molecule has 106 valence electrons. The first kappa shape index (κ1) is 14.8. The average molecular weight is 283 g/mol. The Balaban J connectivity index is 2.25. The fourth-order valence-corrected chi connectivity index (χ4v) is 1.76. The average Bonchev–Trinajstić information content (AvgIpc) is 2.49. The predicted octanol–water partition coefficient (Wildman–Crippen LogP) is 2.73. The van der Waals surface area contributed by atoms with Crippen LogP contribution in [-0.4, -0.2) is 17.6 Å². The largest absolute Gasteiger partial charge is 0.384 e. The third kappa shape index (κ3) is 3.68. The molecule has 1 amide bonds. The van der Waals surface area contributed by atoms with Crippen LogP contribution in [0.4, 0.5) is 10.1 Å². The van der Waals surface area contributed by atoms with Gasteiger partial charge in [-0.1, -0.05) is 30.0 Å². The molecule has 21 heavy (non-hydrogen) atoms. The fourth-order valence-electron chi connectivity index (χ4n) is 1.76. The Morgan fingerprint density at radius 3 is 2.76 bits per heavy atom. The maximum Gasteiger partial charge on any atom is 0.255 e. The van der Waals surface area contributed by atoms with Crippen molar-refractivity contribution in [2.75, 3.05) is 11.9 Å². The smallest absolute Gasteiger partial charge is 0.255 e. The number of halogens is 1. The zero-order chi connectivity index (χ0) is 15.2. The molecule has 0 aliphatic heterocycles. The molecule has 0 aliphatic rings. The lowest BCUT2D eigenvalue weighted by Crippen LogP contribution is -2.13. The minimum absolute atomic E-state index is 0.239. The molecule has 0 spiro atoms. The molecule has 0 saturated heterocycles. The molecule has 0 radical (unpaired) electrons. The first-order valence-electron chi connectivity index (χ1n) is 6.38. The normalized spacial score (nSPS) is 9.67. The van der Waals surface area contributed by atoms with Crippen LogP contribution < -0.4 is 5.32 Å². The lowest BCUT2D eigenvalue weighted by atomic mass is 10.1. The van der Waals surface area contributed by atoms with E-state index in [1.54, 1.807) is 43.3 Å². The Labute approximate surface area is 122 Å². The Bertz CT molecular complexity index is 729. The van der Waals surface area contributed by atoms with Crippen molar-refractivity contribution in [3.05, 3.63) is 65.0 Å². The lowest BCUT2D eigenvalue weighted by Gasteiger charge is -2.08. The summed E-state index contributed by atoms with van der Waals surface area (Å²) < 4.78 is 13.5. The quantitative estimate of drug-likeness (QED) is 0.833. The van der Waals surface area contributed by atoms with E-state index in [0.29, 0.717) is 16.8 Å². The highest BCUT2D eigenvalue weighted by Gasteiger charge is 2.10. The SMILES string of the molecule is Cc1ccc(C(=O)Nc2ccccc2C#CCO)cc1F. The summed E-state index contributed by atoms with van der Waals surface area (Å²) in [6.45, 7) is 1.38. The standard InChI is InChI=1S/C17H14FNO2/c1-12-8-9-14(11-15(12)18)17(21)19-16-7-3-2-5-13(16)6-4-10-20/h2-3,5,7-9,11,20H,10H2,1H3,(H,19,21). The van der Waals surface area contributed by atoms with Crippen molar-refractivity contribution in [1.82, 2.24) is 0 Å². The molecule has 0 saturated carbocycles. The van der Waals surface area contributed by atoms with E-state index in [1.165, 1.54) is 6.07 Å². The first-order chi connectivity index (χ1) is 10.1. The second-order valence-corrected chi connectivity index (χ2v) is 4.42. The minimum Gasteiger partial charge on any atom is -0.384 e. The molecule has 4 heteroatoms. The number of hydrogen-bond acceptors (Lipinski definition) is 2. The van der Waals surface area contributed by atoms with Gasteiger partial charge in [-0.25, -0.2) is 4.39 Å². The molecule has 0 atom stereocenters. The van der Waals surface area contributed by atoms with Crippen LogP contribution in [0.1, 0.15) is 21.5 Å². The summed E-state index contributed by atoms with van der Waals surface area (Å²) in [4.78, 5) is 12.1. The van der Waals surface area contributed by atoms with Gasteiger partial charge < -0.3 is 10.4 Å². The highest BCUT2D eigenvalue weighted by atomic mass is 19.1. The number of aliphatic hydroxyl groups is 1. The maximum absolute atomic E-state index is 13.5.